The molecular weight excluding hydrogens is 745 g/mol. The van der Waals surface area contributed by atoms with Crippen molar-refractivity contribution in [1.29, 1.82) is 0 Å². The summed E-state index contributed by atoms with van der Waals surface area (Å²) in [6, 6.07) is 30.9. The number of nitrogens with zero attached hydrogens (tertiary/aromatic N) is 4. The zero-order valence-corrected chi connectivity index (χ0v) is 28.2. The number of pyridine rings is 2. The Morgan fingerprint density at radius 1 is 0.902 bits per heavy atom. The molecule has 0 aliphatic carbocycles. The van der Waals surface area contributed by atoms with E-state index in [1.807, 2.05) is 78.6 Å². The van der Waals surface area contributed by atoms with Crippen LogP contribution < -0.4 is 4.40 Å². The van der Waals surface area contributed by atoms with E-state index in [1.165, 1.54) is 4.40 Å². The predicted octanol–water partition coefficient (Wildman–Crippen LogP) is 7.73. The minimum atomic E-state index is -1.72. The fourth-order valence-corrected chi connectivity index (χ4v) is 7.08. The molecule has 1 radical (unpaired) electrons. The number of imidazole rings is 1. The van der Waals surface area contributed by atoms with Gasteiger partial charge in [0.2, 0.25) is 0 Å². The van der Waals surface area contributed by atoms with Crippen LogP contribution in [-0.2, 0) is 27.2 Å². The molecular formula is C34H30GeIrN4O-2. The number of aryl methyl sites for hydroxylation is 2. The Morgan fingerprint density at radius 3 is 2.41 bits per heavy atom. The first kappa shape index (κ1) is 28.9. The Morgan fingerprint density at radius 2 is 1.71 bits per heavy atom. The Bertz CT molecular complexity index is 1960. The molecule has 7 heteroatoms. The molecule has 5 nitrogen and oxygen atoms in total. The number of hydrogen-bond acceptors (Lipinski definition) is 4. The van der Waals surface area contributed by atoms with Gasteiger partial charge in [-0.2, -0.15) is 0 Å². The SMILES string of the molecule is Cc1c[c-]c(-c2nc3ccncc3n2C)c2oc3ccccc3c12.[CH3][Ge]([CH3])([CH3])[c]1ccc(-c2[c-]cccc2)nc1.[Ir]. The summed E-state index contributed by atoms with van der Waals surface area (Å²) in [6.45, 7) is 2.09. The van der Waals surface area contributed by atoms with Crippen molar-refractivity contribution in [3.05, 3.63) is 109 Å². The number of rotatable bonds is 3. The summed E-state index contributed by atoms with van der Waals surface area (Å²) in [5.41, 5.74) is 7.74. The zero-order chi connectivity index (χ0) is 27.9. The molecule has 0 amide bonds. The molecule has 0 unspecified atom stereocenters. The van der Waals surface area contributed by atoms with Gasteiger partial charge < -0.3 is 8.98 Å². The van der Waals surface area contributed by atoms with Crippen molar-refractivity contribution in [3.63, 3.8) is 0 Å². The molecule has 0 fully saturated rings. The van der Waals surface area contributed by atoms with Gasteiger partial charge in [0.15, 0.2) is 0 Å². The molecule has 0 spiro atoms. The van der Waals surface area contributed by atoms with Gasteiger partial charge in [0.1, 0.15) is 5.58 Å². The van der Waals surface area contributed by atoms with E-state index < -0.39 is 13.3 Å². The molecule has 4 aromatic heterocycles. The predicted molar refractivity (Wildman–Crippen MR) is 166 cm³/mol. The zero-order valence-electron chi connectivity index (χ0n) is 23.7. The first-order valence-electron chi connectivity index (χ1n) is 13.3. The maximum atomic E-state index is 6.17. The van der Waals surface area contributed by atoms with Crippen LogP contribution in [0.25, 0.3) is 55.6 Å². The van der Waals surface area contributed by atoms with Crippen LogP contribution in [0.15, 0.2) is 95.8 Å². The van der Waals surface area contributed by atoms with Gasteiger partial charge in [0.25, 0.3) is 0 Å². The number of benzene rings is 3. The molecule has 0 N–H and O–H groups in total. The third kappa shape index (κ3) is 5.65. The van der Waals surface area contributed by atoms with Crippen molar-refractivity contribution in [1.82, 2.24) is 19.5 Å². The van der Waals surface area contributed by atoms with Gasteiger partial charge in [0.05, 0.1) is 28.6 Å². The van der Waals surface area contributed by atoms with Gasteiger partial charge in [-0.3, -0.25) is 9.97 Å². The molecule has 0 bridgehead atoms. The molecule has 0 aliphatic heterocycles. The van der Waals surface area contributed by atoms with Crippen molar-refractivity contribution in [2.24, 2.45) is 7.05 Å². The number of hydrogen-bond donors (Lipinski definition) is 0. The summed E-state index contributed by atoms with van der Waals surface area (Å²) in [5.74, 6) is 7.98. The molecule has 0 aliphatic rings. The first-order valence-corrected chi connectivity index (χ1v) is 20.7. The molecule has 207 valence electrons. The van der Waals surface area contributed by atoms with Gasteiger partial charge in [-0.15, -0.1) is 17.7 Å². The quantitative estimate of drug-likeness (QED) is 0.136. The van der Waals surface area contributed by atoms with E-state index in [1.54, 1.807) is 6.20 Å². The van der Waals surface area contributed by atoms with Gasteiger partial charge in [-0.25, -0.2) is 0 Å². The molecule has 7 rings (SSSR count). The van der Waals surface area contributed by atoms with Crippen LogP contribution in [0.3, 0.4) is 0 Å². The van der Waals surface area contributed by atoms with Crippen molar-refractivity contribution >= 4 is 50.6 Å². The fraction of sp³-hybridized carbons (Fsp3) is 0.147. The summed E-state index contributed by atoms with van der Waals surface area (Å²) in [5, 5.41) is 2.25. The maximum Gasteiger partial charge on any atom is 0 e. The summed E-state index contributed by atoms with van der Waals surface area (Å²) >= 11 is -1.72. The Balaban J connectivity index is 0.000000175. The van der Waals surface area contributed by atoms with Crippen LogP contribution in [0.2, 0.25) is 17.3 Å². The molecule has 4 heterocycles. The average molecular weight is 775 g/mol. The van der Waals surface area contributed by atoms with E-state index >= 15 is 0 Å². The molecule has 41 heavy (non-hydrogen) atoms. The Labute approximate surface area is 256 Å². The van der Waals surface area contributed by atoms with E-state index in [0.29, 0.717) is 0 Å². The van der Waals surface area contributed by atoms with Crippen molar-refractivity contribution in [2.75, 3.05) is 0 Å². The van der Waals surface area contributed by atoms with Crippen LogP contribution in [0, 0.1) is 19.1 Å². The standard InChI is InChI=1S/C20H14N3O.C14H16GeN.Ir/c1-12-7-8-14(19-18(12)13-5-3-4-6-17(13)24-19)20-22-15-9-10-21-11-16(15)23(20)2;1-15(2,3)13-9-10-14(16-11-13)12-7-5-4-6-8-12;/h3-7,9-11H,1-2H3;4-7,9-11H,1-3H3;/q2*-1;. The number of furan rings is 1. The second-order valence-corrected chi connectivity index (χ2v) is 21.6. The van der Waals surface area contributed by atoms with Crippen molar-refractivity contribution in [3.8, 4) is 22.6 Å². The molecule has 7 aromatic rings. The number of fused-ring (bicyclic) bond motifs is 4. The van der Waals surface area contributed by atoms with Crippen molar-refractivity contribution < 1.29 is 24.5 Å². The smallest absolute Gasteiger partial charge is 0 e. The van der Waals surface area contributed by atoms with Crippen LogP contribution in [0.4, 0.5) is 0 Å². The number of aromatic nitrogens is 4. The van der Waals surface area contributed by atoms with Gasteiger partial charge in [-0.05, 0) is 12.1 Å². The molecule has 3 aromatic carbocycles. The summed E-state index contributed by atoms with van der Waals surface area (Å²) in [7, 11) is 1.99. The maximum absolute atomic E-state index is 6.17. The normalized spacial score (nSPS) is 11.3. The Hall–Kier alpha value is -3.58. The topological polar surface area (TPSA) is 56.7 Å². The van der Waals surface area contributed by atoms with Gasteiger partial charge >= 0.3 is 99.8 Å². The van der Waals surface area contributed by atoms with Crippen molar-refractivity contribution in [2.45, 2.75) is 24.2 Å². The summed E-state index contributed by atoms with van der Waals surface area (Å²) in [4.78, 5) is 13.5. The second kappa shape index (κ2) is 11.7. The van der Waals surface area contributed by atoms with Gasteiger partial charge in [-0.1, -0.05) is 36.1 Å². The fourth-order valence-electron chi connectivity index (χ4n) is 4.91. The molecule has 0 saturated carbocycles. The largest absolute Gasteiger partial charge is 0 e. The average Bonchev–Trinajstić information content (AvgIpc) is 3.53. The van der Waals surface area contributed by atoms with Crippen LogP contribution in [0.5, 0.6) is 0 Å². The summed E-state index contributed by atoms with van der Waals surface area (Å²) in [6.07, 6.45) is 5.63. The van der Waals surface area contributed by atoms with Crippen LogP contribution in [-0.4, -0.2) is 32.8 Å². The second-order valence-electron chi connectivity index (χ2n) is 11.0. The third-order valence-corrected chi connectivity index (χ3v) is 11.4. The molecule has 0 saturated heterocycles. The third-order valence-electron chi connectivity index (χ3n) is 7.17. The molecule has 0 atom stereocenters. The Kier molecular flexibility index (Phi) is 8.28. The van der Waals surface area contributed by atoms with E-state index in [2.05, 4.69) is 64.5 Å². The van der Waals surface area contributed by atoms with E-state index in [9.17, 15) is 0 Å². The number of para-hydroxylation sites is 1. The first-order chi connectivity index (χ1) is 19.3. The van der Waals surface area contributed by atoms with E-state index in [0.717, 1.165) is 61.2 Å². The van der Waals surface area contributed by atoms with Gasteiger partial charge in [0, 0.05) is 38.7 Å². The minimum Gasteiger partial charge on any atom is 0 e. The van der Waals surface area contributed by atoms with E-state index in [-0.39, 0.29) is 20.1 Å². The van der Waals surface area contributed by atoms with E-state index in [4.69, 9.17) is 9.40 Å². The van der Waals surface area contributed by atoms with Crippen LogP contribution >= 0.6 is 0 Å². The van der Waals surface area contributed by atoms with Crippen LogP contribution in [0.1, 0.15) is 5.56 Å². The summed E-state index contributed by atoms with van der Waals surface area (Å²) < 4.78 is 9.65. The minimum absolute atomic E-state index is 0. The monoisotopic (exact) mass is 777 g/mol.